The number of amidine groups is 1. The third kappa shape index (κ3) is 2.22. The minimum absolute atomic E-state index is 0.234. The lowest BCUT2D eigenvalue weighted by Crippen LogP contribution is -2.48. The fraction of sp³-hybridized carbons (Fsp3) is 0.278. The van der Waals surface area contributed by atoms with Crippen molar-refractivity contribution >= 4 is 39.9 Å². The number of hydrogen-bond donors (Lipinski definition) is 1. The molecule has 1 aromatic carbocycles. The van der Waals surface area contributed by atoms with Crippen LogP contribution in [0.25, 0.3) is 0 Å². The van der Waals surface area contributed by atoms with E-state index in [1.165, 1.54) is 16.9 Å². The molecule has 0 saturated carbocycles. The molecule has 3 heterocycles. The molecule has 1 aromatic heterocycles. The maximum atomic E-state index is 12.7. The van der Waals surface area contributed by atoms with Crippen LogP contribution in [-0.4, -0.2) is 42.1 Å². The van der Waals surface area contributed by atoms with Crippen molar-refractivity contribution in [2.24, 2.45) is 9.98 Å². The van der Waals surface area contributed by atoms with Crippen LogP contribution in [0.4, 0.5) is 10.7 Å². The largest absolute Gasteiger partial charge is 0.374 e. The zero-order chi connectivity index (χ0) is 16.7. The van der Waals surface area contributed by atoms with Gasteiger partial charge in [0.2, 0.25) is 5.78 Å². The summed E-state index contributed by atoms with van der Waals surface area (Å²) < 4.78 is 0. The van der Waals surface area contributed by atoms with E-state index in [2.05, 4.69) is 9.98 Å². The van der Waals surface area contributed by atoms with Gasteiger partial charge in [0.25, 0.3) is 0 Å². The van der Waals surface area contributed by atoms with E-state index in [1.807, 2.05) is 40.8 Å². The van der Waals surface area contributed by atoms with Crippen LogP contribution in [0, 0.1) is 0 Å². The van der Waals surface area contributed by atoms with Crippen molar-refractivity contribution in [1.29, 1.82) is 0 Å². The Morgan fingerprint density at radius 1 is 1.38 bits per heavy atom. The zero-order valence-electron chi connectivity index (χ0n) is 13.3. The van der Waals surface area contributed by atoms with E-state index in [-0.39, 0.29) is 5.78 Å². The van der Waals surface area contributed by atoms with Crippen LogP contribution in [0.15, 0.2) is 45.7 Å². The van der Waals surface area contributed by atoms with E-state index in [0.29, 0.717) is 29.4 Å². The minimum Gasteiger partial charge on any atom is -0.374 e. The van der Waals surface area contributed by atoms with Crippen molar-refractivity contribution in [2.75, 3.05) is 18.5 Å². The Labute approximate surface area is 144 Å². The van der Waals surface area contributed by atoms with Crippen LogP contribution in [0.2, 0.25) is 0 Å². The van der Waals surface area contributed by atoms with Crippen LogP contribution >= 0.6 is 11.3 Å². The van der Waals surface area contributed by atoms with Gasteiger partial charge in [-0.2, -0.15) is 0 Å². The smallest absolute Gasteiger partial charge is 0.205 e. The van der Waals surface area contributed by atoms with Gasteiger partial charge >= 0.3 is 0 Å². The Kier molecular flexibility index (Phi) is 3.58. The van der Waals surface area contributed by atoms with E-state index >= 15 is 0 Å². The Hall–Kier alpha value is -2.31. The molecule has 1 fully saturated rings. The molecule has 4 rings (SSSR count). The highest BCUT2D eigenvalue weighted by atomic mass is 32.1. The zero-order valence-corrected chi connectivity index (χ0v) is 14.1. The van der Waals surface area contributed by atoms with Crippen molar-refractivity contribution in [3.8, 4) is 0 Å². The SMILES string of the molecule is CN=CCc1ccc(N2CCC3(O)C(=O)c4ccsc4N=C23)cc1. The number of benzene rings is 1. The lowest BCUT2D eigenvalue weighted by molar-refractivity contribution is 0.0603. The molecule has 1 atom stereocenters. The first-order valence-electron chi connectivity index (χ1n) is 7.84. The number of aliphatic imine (C=N–C) groups is 2. The van der Waals surface area contributed by atoms with Gasteiger partial charge in [-0.3, -0.25) is 4.79 Å². The molecular weight excluding hydrogens is 322 g/mol. The number of ketones is 1. The normalized spacial score (nSPS) is 22.7. The molecule has 5 nitrogen and oxygen atoms in total. The molecule has 24 heavy (non-hydrogen) atoms. The highest BCUT2D eigenvalue weighted by Crippen LogP contribution is 2.41. The van der Waals surface area contributed by atoms with Crippen LogP contribution < -0.4 is 4.90 Å². The van der Waals surface area contributed by atoms with Gasteiger partial charge in [-0.15, -0.1) is 11.3 Å². The van der Waals surface area contributed by atoms with Gasteiger partial charge in [-0.05, 0) is 29.1 Å². The lowest BCUT2D eigenvalue weighted by atomic mass is 9.90. The van der Waals surface area contributed by atoms with Crippen molar-refractivity contribution in [3.63, 3.8) is 0 Å². The van der Waals surface area contributed by atoms with Crippen molar-refractivity contribution < 1.29 is 9.90 Å². The molecule has 0 amide bonds. The highest BCUT2D eigenvalue weighted by molar-refractivity contribution is 7.14. The number of aliphatic hydroxyl groups is 1. The van der Waals surface area contributed by atoms with Crippen LogP contribution in [-0.2, 0) is 6.42 Å². The Morgan fingerprint density at radius 2 is 2.17 bits per heavy atom. The van der Waals surface area contributed by atoms with E-state index in [4.69, 9.17) is 0 Å². The molecule has 0 aliphatic carbocycles. The number of fused-ring (bicyclic) bond motifs is 2. The van der Waals surface area contributed by atoms with E-state index in [9.17, 15) is 9.90 Å². The first-order chi connectivity index (χ1) is 11.6. The van der Waals surface area contributed by atoms with Crippen LogP contribution in [0.3, 0.4) is 0 Å². The second-order valence-corrected chi connectivity index (χ2v) is 6.87. The monoisotopic (exact) mass is 339 g/mol. The van der Waals surface area contributed by atoms with Gasteiger partial charge in [0.05, 0.1) is 5.56 Å². The van der Waals surface area contributed by atoms with Gasteiger partial charge in [0.1, 0.15) is 5.00 Å². The molecule has 0 bridgehead atoms. The maximum absolute atomic E-state index is 12.7. The number of hydrogen-bond acceptors (Lipinski definition) is 6. The maximum Gasteiger partial charge on any atom is 0.205 e. The molecule has 0 radical (unpaired) electrons. The molecule has 6 heteroatoms. The van der Waals surface area contributed by atoms with Crippen molar-refractivity contribution in [3.05, 3.63) is 46.8 Å². The average Bonchev–Trinajstić information content (AvgIpc) is 3.19. The second kappa shape index (κ2) is 5.65. The summed E-state index contributed by atoms with van der Waals surface area (Å²) >= 11 is 1.42. The molecule has 1 saturated heterocycles. The van der Waals surface area contributed by atoms with Gasteiger partial charge in [0.15, 0.2) is 11.4 Å². The molecule has 122 valence electrons. The predicted molar refractivity (Wildman–Crippen MR) is 97.2 cm³/mol. The molecule has 0 spiro atoms. The number of Topliss-reactive ketones (excluding diaryl/α,β-unsaturated/α-hetero) is 1. The summed E-state index contributed by atoms with van der Waals surface area (Å²) in [5.74, 6) is 0.215. The second-order valence-electron chi connectivity index (χ2n) is 5.98. The van der Waals surface area contributed by atoms with Crippen molar-refractivity contribution in [2.45, 2.75) is 18.4 Å². The molecular formula is C18H17N3O2S. The van der Waals surface area contributed by atoms with Gasteiger partial charge < -0.3 is 15.0 Å². The molecule has 2 aliphatic heterocycles. The Bertz CT molecular complexity index is 853. The van der Waals surface area contributed by atoms with Crippen LogP contribution in [0.1, 0.15) is 22.3 Å². The summed E-state index contributed by atoms with van der Waals surface area (Å²) in [5.41, 5.74) is 1.14. The number of nitrogens with zero attached hydrogens (tertiary/aromatic N) is 3. The number of carbonyl (C=O) groups excluding carboxylic acids is 1. The summed E-state index contributed by atoms with van der Waals surface area (Å²) in [6.07, 6.45) is 3.02. The Morgan fingerprint density at radius 3 is 2.92 bits per heavy atom. The first-order valence-corrected chi connectivity index (χ1v) is 8.72. The predicted octanol–water partition coefficient (Wildman–Crippen LogP) is 2.86. The summed E-state index contributed by atoms with van der Waals surface area (Å²) in [6.45, 7) is 0.575. The summed E-state index contributed by atoms with van der Waals surface area (Å²) in [5, 5.41) is 13.4. The summed E-state index contributed by atoms with van der Waals surface area (Å²) in [6, 6.07) is 9.82. The summed E-state index contributed by atoms with van der Waals surface area (Å²) in [4.78, 5) is 23.2. The molecule has 2 aromatic rings. The fourth-order valence-electron chi connectivity index (χ4n) is 3.22. The van der Waals surface area contributed by atoms with Gasteiger partial charge in [-0.25, -0.2) is 4.99 Å². The number of rotatable bonds is 3. The first kappa shape index (κ1) is 15.2. The van der Waals surface area contributed by atoms with E-state index < -0.39 is 5.60 Å². The third-order valence-corrected chi connectivity index (χ3v) is 5.36. The Balaban J connectivity index is 1.70. The third-order valence-electron chi connectivity index (χ3n) is 4.55. The topological polar surface area (TPSA) is 65.3 Å². The van der Waals surface area contributed by atoms with Crippen LogP contribution in [0.5, 0.6) is 0 Å². The minimum atomic E-state index is -1.50. The summed E-state index contributed by atoms with van der Waals surface area (Å²) in [7, 11) is 1.76. The highest BCUT2D eigenvalue weighted by Gasteiger charge is 2.52. The lowest BCUT2D eigenvalue weighted by Gasteiger charge is -2.28. The van der Waals surface area contributed by atoms with E-state index in [1.54, 1.807) is 13.1 Å². The average molecular weight is 339 g/mol. The van der Waals surface area contributed by atoms with E-state index in [0.717, 1.165) is 12.1 Å². The van der Waals surface area contributed by atoms with Gasteiger partial charge in [0, 0.05) is 38.3 Å². The quantitative estimate of drug-likeness (QED) is 0.875. The standard InChI is InChI=1S/C18H17N3O2S/c1-19-9-6-12-2-4-13(5-3-12)21-10-8-18(23)15(22)14-7-11-24-16(14)20-17(18)21/h2-5,7,9,11,23H,6,8,10H2,1H3. The number of thiophene rings is 1. The number of anilines is 1. The van der Waals surface area contributed by atoms with Crippen molar-refractivity contribution in [1.82, 2.24) is 0 Å². The van der Waals surface area contributed by atoms with Gasteiger partial charge in [-0.1, -0.05) is 12.1 Å². The molecule has 1 N–H and O–H groups in total. The molecule has 1 unspecified atom stereocenters. The molecule has 2 aliphatic rings. The fourth-order valence-corrected chi connectivity index (χ4v) is 3.98. The number of carbonyl (C=O) groups is 1.